The van der Waals surface area contributed by atoms with Gasteiger partial charge in [-0.05, 0) is 30.8 Å². The van der Waals surface area contributed by atoms with Gasteiger partial charge in [-0.2, -0.15) is 0 Å². The van der Waals surface area contributed by atoms with Gasteiger partial charge in [0.15, 0.2) is 0 Å². The molecule has 2 rings (SSSR count). The summed E-state index contributed by atoms with van der Waals surface area (Å²) in [7, 11) is 0. The lowest BCUT2D eigenvalue weighted by Gasteiger charge is -2.20. The van der Waals surface area contributed by atoms with Crippen molar-refractivity contribution in [2.75, 3.05) is 13.1 Å². The van der Waals surface area contributed by atoms with E-state index in [1.165, 1.54) is 0 Å². The van der Waals surface area contributed by atoms with Crippen molar-refractivity contribution in [3.05, 3.63) is 22.4 Å². The number of thiophene rings is 1. The van der Waals surface area contributed by atoms with Crippen LogP contribution < -0.4 is 5.32 Å². The second-order valence-electron chi connectivity index (χ2n) is 4.32. The van der Waals surface area contributed by atoms with E-state index in [1.54, 1.807) is 16.2 Å². The topological polar surface area (TPSA) is 69.6 Å². The van der Waals surface area contributed by atoms with Crippen molar-refractivity contribution in [3.63, 3.8) is 0 Å². The van der Waals surface area contributed by atoms with Crippen molar-refractivity contribution >= 4 is 23.2 Å². The SMILES string of the molecule is O=C(CN1CCC[C@@H]1C(=O)O)NCc1cccs1. The number of carboxylic acid groups (broad SMARTS) is 1. The summed E-state index contributed by atoms with van der Waals surface area (Å²) in [5, 5.41) is 13.8. The normalized spacial score (nSPS) is 19.9. The van der Waals surface area contributed by atoms with Crippen LogP contribution in [0.3, 0.4) is 0 Å². The van der Waals surface area contributed by atoms with Crippen LogP contribution in [0.25, 0.3) is 0 Å². The zero-order chi connectivity index (χ0) is 13.0. The Morgan fingerprint density at radius 2 is 2.39 bits per heavy atom. The molecule has 1 fully saturated rings. The molecule has 1 aromatic heterocycles. The monoisotopic (exact) mass is 268 g/mol. The third-order valence-corrected chi connectivity index (χ3v) is 3.91. The Morgan fingerprint density at radius 3 is 3.06 bits per heavy atom. The van der Waals surface area contributed by atoms with Crippen LogP contribution in [-0.4, -0.2) is 41.0 Å². The van der Waals surface area contributed by atoms with Crippen molar-refractivity contribution in [2.24, 2.45) is 0 Å². The zero-order valence-electron chi connectivity index (χ0n) is 9.96. The van der Waals surface area contributed by atoms with Gasteiger partial charge in [0.25, 0.3) is 0 Å². The molecule has 5 nitrogen and oxygen atoms in total. The van der Waals surface area contributed by atoms with Crippen molar-refractivity contribution < 1.29 is 14.7 Å². The molecule has 0 saturated carbocycles. The highest BCUT2D eigenvalue weighted by molar-refractivity contribution is 7.09. The summed E-state index contributed by atoms with van der Waals surface area (Å²) in [6.45, 7) is 1.37. The van der Waals surface area contributed by atoms with Crippen molar-refractivity contribution in [1.82, 2.24) is 10.2 Å². The van der Waals surface area contributed by atoms with Gasteiger partial charge in [0, 0.05) is 4.88 Å². The molecule has 0 bridgehead atoms. The van der Waals surface area contributed by atoms with Crippen LogP contribution >= 0.6 is 11.3 Å². The predicted molar refractivity (Wildman–Crippen MR) is 68.4 cm³/mol. The molecule has 1 atom stereocenters. The van der Waals surface area contributed by atoms with E-state index in [-0.39, 0.29) is 12.5 Å². The number of hydrogen-bond acceptors (Lipinski definition) is 4. The van der Waals surface area contributed by atoms with Crippen molar-refractivity contribution in [2.45, 2.75) is 25.4 Å². The quantitative estimate of drug-likeness (QED) is 0.833. The van der Waals surface area contributed by atoms with Crippen LogP contribution in [0.2, 0.25) is 0 Å². The van der Waals surface area contributed by atoms with E-state index in [9.17, 15) is 9.59 Å². The Morgan fingerprint density at radius 1 is 1.56 bits per heavy atom. The minimum atomic E-state index is -0.835. The van der Waals surface area contributed by atoms with Crippen LogP contribution in [0.5, 0.6) is 0 Å². The molecule has 1 aliphatic rings. The number of nitrogens with zero attached hydrogens (tertiary/aromatic N) is 1. The van der Waals surface area contributed by atoms with Gasteiger partial charge in [-0.3, -0.25) is 14.5 Å². The van der Waals surface area contributed by atoms with Gasteiger partial charge in [0.05, 0.1) is 13.1 Å². The summed E-state index contributed by atoms with van der Waals surface area (Å²) >= 11 is 1.59. The molecule has 0 aliphatic carbocycles. The summed E-state index contributed by atoms with van der Waals surface area (Å²) in [5.74, 6) is -0.949. The first-order valence-corrected chi connectivity index (χ1v) is 6.80. The molecule has 1 saturated heterocycles. The number of nitrogens with one attached hydrogen (secondary N) is 1. The van der Waals surface area contributed by atoms with Crippen LogP contribution in [0.1, 0.15) is 17.7 Å². The fourth-order valence-corrected chi connectivity index (χ4v) is 2.78. The van der Waals surface area contributed by atoms with Crippen molar-refractivity contribution in [3.8, 4) is 0 Å². The van der Waals surface area contributed by atoms with E-state index < -0.39 is 12.0 Å². The van der Waals surface area contributed by atoms with E-state index in [4.69, 9.17) is 5.11 Å². The Bertz CT molecular complexity index is 419. The van der Waals surface area contributed by atoms with Gasteiger partial charge < -0.3 is 10.4 Å². The first-order valence-electron chi connectivity index (χ1n) is 5.93. The van der Waals surface area contributed by atoms with Crippen LogP contribution in [0, 0.1) is 0 Å². The number of rotatable bonds is 5. The molecular formula is C12H16N2O3S. The van der Waals surface area contributed by atoms with Gasteiger partial charge in [-0.15, -0.1) is 11.3 Å². The van der Waals surface area contributed by atoms with Crippen molar-refractivity contribution in [1.29, 1.82) is 0 Å². The van der Waals surface area contributed by atoms with Crippen LogP contribution in [-0.2, 0) is 16.1 Å². The van der Waals surface area contributed by atoms with Crippen LogP contribution in [0.4, 0.5) is 0 Å². The van der Waals surface area contributed by atoms with E-state index in [2.05, 4.69) is 5.32 Å². The Labute approximate surface area is 109 Å². The van der Waals surface area contributed by atoms with Gasteiger partial charge in [0.1, 0.15) is 6.04 Å². The lowest BCUT2D eigenvalue weighted by atomic mass is 10.2. The standard InChI is InChI=1S/C12H16N2O3S/c15-11(13-7-9-3-2-6-18-9)8-14-5-1-4-10(14)12(16)17/h2-3,6,10H,1,4-5,7-8H2,(H,13,15)(H,16,17)/t10-/m1/s1. The summed E-state index contributed by atoms with van der Waals surface area (Å²) < 4.78 is 0. The number of aliphatic carboxylic acids is 1. The minimum absolute atomic E-state index is 0.114. The summed E-state index contributed by atoms with van der Waals surface area (Å²) in [6, 6.07) is 3.39. The molecule has 0 unspecified atom stereocenters. The maximum absolute atomic E-state index is 11.7. The number of hydrogen-bond donors (Lipinski definition) is 2. The fraction of sp³-hybridized carbons (Fsp3) is 0.500. The molecule has 1 amide bonds. The van der Waals surface area contributed by atoms with Gasteiger partial charge in [-0.25, -0.2) is 0 Å². The second kappa shape index (κ2) is 5.97. The Kier molecular flexibility index (Phi) is 4.33. The highest BCUT2D eigenvalue weighted by Gasteiger charge is 2.31. The smallest absolute Gasteiger partial charge is 0.320 e. The average Bonchev–Trinajstić information content (AvgIpc) is 2.96. The number of amides is 1. The van der Waals surface area contributed by atoms with Gasteiger partial charge >= 0.3 is 5.97 Å². The second-order valence-corrected chi connectivity index (χ2v) is 5.36. The molecule has 0 aromatic carbocycles. The highest BCUT2D eigenvalue weighted by Crippen LogP contribution is 2.16. The molecule has 2 N–H and O–H groups in total. The number of likely N-dealkylation sites (tertiary alicyclic amines) is 1. The summed E-state index contributed by atoms with van der Waals surface area (Å²) in [5.41, 5.74) is 0. The van der Waals surface area contributed by atoms with E-state index in [1.807, 2.05) is 17.5 Å². The number of carbonyl (C=O) groups excluding carboxylic acids is 1. The lowest BCUT2D eigenvalue weighted by molar-refractivity contribution is -0.142. The number of carbonyl (C=O) groups is 2. The molecule has 98 valence electrons. The maximum atomic E-state index is 11.7. The largest absolute Gasteiger partial charge is 0.480 e. The molecule has 0 spiro atoms. The minimum Gasteiger partial charge on any atom is -0.480 e. The van der Waals surface area contributed by atoms with E-state index in [0.29, 0.717) is 19.5 Å². The maximum Gasteiger partial charge on any atom is 0.320 e. The van der Waals surface area contributed by atoms with Crippen LogP contribution in [0.15, 0.2) is 17.5 Å². The molecule has 6 heteroatoms. The first kappa shape index (κ1) is 13.0. The zero-order valence-corrected chi connectivity index (χ0v) is 10.8. The number of carboxylic acids is 1. The Balaban J connectivity index is 1.78. The summed E-state index contributed by atoms with van der Waals surface area (Å²) in [4.78, 5) is 25.5. The molecule has 2 heterocycles. The highest BCUT2D eigenvalue weighted by atomic mass is 32.1. The fourth-order valence-electron chi connectivity index (χ4n) is 2.13. The van der Waals surface area contributed by atoms with E-state index >= 15 is 0 Å². The molecule has 18 heavy (non-hydrogen) atoms. The average molecular weight is 268 g/mol. The predicted octanol–water partition coefficient (Wildman–Crippen LogP) is 0.913. The first-order chi connectivity index (χ1) is 8.66. The molecule has 1 aliphatic heterocycles. The lowest BCUT2D eigenvalue weighted by Crippen LogP contribution is -2.42. The molecule has 0 radical (unpaired) electrons. The van der Waals surface area contributed by atoms with Gasteiger partial charge in [0.2, 0.25) is 5.91 Å². The third kappa shape index (κ3) is 3.30. The molecule has 1 aromatic rings. The third-order valence-electron chi connectivity index (χ3n) is 3.04. The Hall–Kier alpha value is -1.40. The van der Waals surface area contributed by atoms with Gasteiger partial charge in [-0.1, -0.05) is 6.07 Å². The van der Waals surface area contributed by atoms with E-state index in [0.717, 1.165) is 11.3 Å². The summed E-state index contributed by atoms with van der Waals surface area (Å²) in [6.07, 6.45) is 1.47. The molecular weight excluding hydrogens is 252 g/mol.